The number of hydrogen-bond acceptors (Lipinski definition) is 5. The van der Waals surface area contributed by atoms with Gasteiger partial charge in [-0.25, -0.2) is 14.5 Å². The van der Waals surface area contributed by atoms with Gasteiger partial charge >= 0.3 is 11.7 Å². The Kier molecular flexibility index (Phi) is 2.94. The van der Waals surface area contributed by atoms with Crippen LogP contribution >= 0.6 is 11.6 Å². The Bertz CT molecular complexity index is 639. The molecule has 0 aromatic carbocycles. The lowest BCUT2D eigenvalue weighted by atomic mass is 10.3. The molecular weight excluding hydrogens is 264 g/mol. The van der Waals surface area contributed by atoms with E-state index in [-0.39, 0.29) is 22.1 Å². The number of carbonyl (C=O) groups is 1. The number of aromatic nitrogens is 3. The number of carboxylic acid groups (broad SMARTS) is 1. The third-order valence-electron chi connectivity index (χ3n) is 2.06. The fourth-order valence-corrected chi connectivity index (χ4v) is 1.43. The lowest BCUT2D eigenvalue weighted by molar-refractivity contribution is -0.384. The average molecular weight is 269 g/mol. The molecule has 1 N–H and O–H groups in total. The number of halogens is 1. The molecule has 8 nitrogen and oxygen atoms in total. The van der Waals surface area contributed by atoms with Crippen molar-refractivity contribution in [2.24, 2.45) is 0 Å². The van der Waals surface area contributed by atoms with E-state index in [1.807, 2.05) is 0 Å². The molecule has 9 heteroatoms. The van der Waals surface area contributed by atoms with Crippen LogP contribution in [-0.4, -0.2) is 30.8 Å². The first-order valence-corrected chi connectivity index (χ1v) is 4.95. The average Bonchev–Trinajstić information content (AvgIpc) is 2.78. The molecule has 0 fully saturated rings. The minimum Gasteiger partial charge on any atom is -0.478 e. The Labute approximate surface area is 105 Å². The molecule has 2 rings (SSSR count). The highest BCUT2D eigenvalue weighted by Crippen LogP contribution is 2.23. The predicted molar refractivity (Wildman–Crippen MR) is 60.0 cm³/mol. The first kappa shape index (κ1) is 12.0. The Morgan fingerprint density at radius 3 is 2.78 bits per heavy atom. The first-order valence-electron chi connectivity index (χ1n) is 4.57. The van der Waals surface area contributed by atoms with Crippen LogP contribution in [0.15, 0.2) is 24.7 Å². The molecule has 0 atom stereocenters. The van der Waals surface area contributed by atoms with Crippen LogP contribution < -0.4 is 0 Å². The molecule has 92 valence electrons. The van der Waals surface area contributed by atoms with E-state index in [0.29, 0.717) is 0 Å². The molecule has 2 heterocycles. The quantitative estimate of drug-likeness (QED) is 0.667. The van der Waals surface area contributed by atoms with E-state index in [9.17, 15) is 14.9 Å². The fraction of sp³-hybridized carbons (Fsp3) is 0. The molecule has 0 saturated carbocycles. The van der Waals surface area contributed by atoms with E-state index in [2.05, 4.69) is 10.1 Å². The first-order chi connectivity index (χ1) is 8.49. The minimum atomic E-state index is -1.18. The summed E-state index contributed by atoms with van der Waals surface area (Å²) in [5.74, 6) is -1.28. The maximum absolute atomic E-state index is 10.8. The van der Waals surface area contributed by atoms with Crippen molar-refractivity contribution >= 4 is 23.3 Å². The van der Waals surface area contributed by atoms with Crippen molar-refractivity contribution in [2.45, 2.75) is 0 Å². The van der Waals surface area contributed by atoms with Gasteiger partial charge in [-0.15, -0.1) is 0 Å². The highest BCUT2D eigenvalue weighted by molar-refractivity contribution is 6.30. The fourth-order valence-electron chi connectivity index (χ4n) is 1.28. The lowest BCUT2D eigenvalue weighted by Crippen LogP contribution is -2.03. The van der Waals surface area contributed by atoms with Gasteiger partial charge in [0.2, 0.25) is 5.82 Å². The van der Waals surface area contributed by atoms with E-state index in [0.717, 1.165) is 23.1 Å². The second-order valence-electron chi connectivity index (χ2n) is 3.23. The highest BCUT2D eigenvalue weighted by Gasteiger charge is 2.19. The summed E-state index contributed by atoms with van der Waals surface area (Å²) < 4.78 is 1.01. The van der Waals surface area contributed by atoms with Crippen molar-refractivity contribution in [1.29, 1.82) is 0 Å². The van der Waals surface area contributed by atoms with Crippen LogP contribution in [0.25, 0.3) is 5.82 Å². The van der Waals surface area contributed by atoms with E-state index in [1.165, 1.54) is 6.20 Å². The molecule has 18 heavy (non-hydrogen) atoms. The molecule has 0 saturated heterocycles. The van der Waals surface area contributed by atoms with E-state index in [4.69, 9.17) is 16.7 Å². The van der Waals surface area contributed by atoms with Gasteiger partial charge in [-0.3, -0.25) is 10.1 Å². The third-order valence-corrected chi connectivity index (χ3v) is 2.26. The van der Waals surface area contributed by atoms with Crippen LogP contribution in [-0.2, 0) is 0 Å². The van der Waals surface area contributed by atoms with Gasteiger partial charge in [-0.2, -0.15) is 5.10 Å². The molecule has 2 aromatic rings. The number of pyridine rings is 1. The predicted octanol–water partition coefficient (Wildman–Crippen LogP) is 1.53. The Morgan fingerprint density at radius 1 is 1.50 bits per heavy atom. The van der Waals surface area contributed by atoms with Crippen molar-refractivity contribution in [2.75, 3.05) is 0 Å². The van der Waals surface area contributed by atoms with Gasteiger partial charge in [0.25, 0.3) is 0 Å². The standard InChI is InChI=1S/C9H5ClN4O4/c10-6-1-7(14(17)18)8(11-3-6)13-4-5(2-12-13)9(15)16/h1-4H,(H,15,16). The maximum atomic E-state index is 10.8. The number of hydrogen-bond donors (Lipinski definition) is 1. The van der Waals surface area contributed by atoms with Crippen LogP contribution in [0, 0.1) is 10.1 Å². The zero-order chi connectivity index (χ0) is 13.3. The van der Waals surface area contributed by atoms with Crippen LogP contribution in [0.2, 0.25) is 5.02 Å². The molecule has 2 aromatic heterocycles. The summed E-state index contributed by atoms with van der Waals surface area (Å²) in [6, 6.07) is 1.12. The number of aromatic carboxylic acids is 1. The molecule has 0 aliphatic heterocycles. The smallest absolute Gasteiger partial charge is 0.338 e. The Balaban J connectivity index is 2.55. The van der Waals surface area contributed by atoms with Crippen molar-refractivity contribution < 1.29 is 14.8 Å². The molecule has 0 aliphatic rings. The second kappa shape index (κ2) is 4.41. The van der Waals surface area contributed by atoms with Gasteiger partial charge in [0, 0.05) is 18.5 Å². The van der Waals surface area contributed by atoms with Gasteiger partial charge in [0.15, 0.2) is 0 Å². The molecule has 0 unspecified atom stereocenters. The van der Waals surface area contributed by atoms with Crippen molar-refractivity contribution in [3.8, 4) is 5.82 Å². The van der Waals surface area contributed by atoms with E-state index < -0.39 is 10.9 Å². The van der Waals surface area contributed by atoms with Gasteiger partial charge in [0.05, 0.1) is 21.7 Å². The highest BCUT2D eigenvalue weighted by atomic mass is 35.5. The lowest BCUT2D eigenvalue weighted by Gasteiger charge is -2.01. The van der Waals surface area contributed by atoms with Gasteiger partial charge in [-0.1, -0.05) is 11.6 Å². The number of nitrogens with zero attached hydrogens (tertiary/aromatic N) is 4. The van der Waals surface area contributed by atoms with Crippen molar-refractivity contribution in [1.82, 2.24) is 14.8 Å². The van der Waals surface area contributed by atoms with E-state index >= 15 is 0 Å². The third kappa shape index (κ3) is 2.13. The molecule has 0 amide bonds. The largest absolute Gasteiger partial charge is 0.478 e. The molecular formula is C9H5ClN4O4. The Morgan fingerprint density at radius 2 is 2.22 bits per heavy atom. The van der Waals surface area contributed by atoms with Crippen LogP contribution in [0.4, 0.5) is 5.69 Å². The summed E-state index contributed by atoms with van der Waals surface area (Å²) in [6.45, 7) is 0. The van der Waals surface area contributed by atoms with Crippen LogP contribution in [0.1, 0.15) is 10.4 Å². The topological polar surface area (TPSA) is 111 Å². The maximum Gasteiger partial charge on any atom is 0.338 e. The monoisotopic (exact) mass is 268 g/mol. The SMILES string of the molecule is O=C(O)c1cnn(-c2ncc(Cl)cc2[N+](=O)[O-])c1. The minimum absolute atomic E-state index is 0.0963. The summed E-state index contributed by atoms with van der Waals surface area (Å²) in [6.07, 6.45) is 3.42. The Hall–Kier alpha value is -2.48. The number of carboxylic acids is 1. The van der Waals surface area contributed by atoms with Gasteiger partial charge in [0.1, 0.15) is 0 Å². The van der Waals surface area contributed by atoms with Crippen molar-refractivity contribution in [3.05, 3.63) is 45.4 Å². The summed E-state index contributed by atoms with van der Waals surface area (Å²) in [4.78, 5) is 24.6. The zero-order valence-corrected chi connectivity index (χ0v) is 9.40. The number of nitro groups is 1. The van der Waals surface area contributed by atoms with Crippen molar-refractivity contribution in [3.63, 3.8) is 0 Å². The summed E-state index contributed by atoms with van der Waals surface area (Å²) in [7, 11) is 0. The van der Waals surface area contributed by atoms with Gasteiger partial charge < -0.3 is 5.11 Å². The molecule has 0 bridgehead atoms. The van der Waals surface area contributed by atoms with Crippen LogP contribution in [0.5, 0.6) is 0 Å². The molecule has 0 aliphatic carbocycles. The second-order valence-corrected chi connectivity index (χ2v) is 3.67. The molecule has 0 radical (unpaired) electrons. The summed E-state index contributed by atoms with van der Waals surface area (Å²) >= 11 is 5.61. The van der Waals surface area contributed by atoms with Gasteiger partial charge in [-0.05, 0) is 0 Å². The summed E-state index contributed by atoms with van der Waals surface area (Å²) in [5, 5.41) is 23.4. The number of rotatable bonds is 3. The zero-order valence-electron chi connectivity index (χ0n) is 8.65. The van der Waals surface area contributed by atoms with E-state index in [1.54, 1.807) is 0 Å². The van der Waals surface area contributed by atoms with Crippen LogP contribution in [0.3, 0.4) is 0 Å². The normalized spacial score (nSPS) is 10.3. The summed E-state index contributed by atoms with van der Waals surface area (Å²) in [5.41, 5.74) is -0.455. The molecule has 0 spiro atoms.